The zero-order valence-electron chi connectivity index (χ0n) is 21.9. The van der Waals surface area contributed by atoms with Crippen molar-refractivity contribution in [3.8, 4) is 0 Å². The lowest BCUT2D eigenvalue weighted by atomic mass is 9.80. The largest absolute Gasteiger partial charge is 0.326 e. The molecule has 2 aliphatic heterocycles. The van der Waals surface area contributed by atoms with Gasteiger partial charge in [0.15, 0.2) is 0 Å². The maximum atomic E-state index is 14.4. The first-order valence-electron chi connectivity index (χ1n) is 12.8. The topological polar surface area (TPSA) is 78.4 Å². The third-order valence-corrected chi connectivity index (χ3v) is 9.51. The molecule has 0 radical (unpaired) electrons. The van der Waals surface area contributed by atoms with Crippen molar-refractivity contribution in [2.24, 2.45) is 0 Å². The molecule has 202 valence electrons. The average molecular weight is 643 g/mol. The number of nitrogens with one attached hydrogen (secondary N) is 1. The predicted octanol–water partition coefficient (Wildman–Crippen LogP) is 4.47. The van der Waals surface area contributed by atoms with E-state index in [2.05, 4.69) is 32.9 Å². The lowest BCUT2D eigenvalue weighted by Crippen LogP contribution is -2.69. The highest BCUT2D eigenvalue weighted by Crippen LogP contribution is 2.46. The summed E-state index contributed by atoms with van der Waals surface area (Å²) in [5.74, 6) is -0.986. The van der Waals surface area contributed by atoms with Gasteiger partial charge in [0.25, 0.3) is 0 Å². The molecule has 2 amide bonds. The summed E-state index contributed by atoms with van der Waals surface area (Å²) in [6.45, 7) is 6.23. The molecule has 1 aliphatic carbocycles. The van der Waals surface area contributed by atoms with E-state index in [0.29, 0.717) is 35.3 Å². The molecule has 0 saturated carbocycles. The minimum Gasteiger partial charge on any atom is -0.326 e. The Balaban J connectivity index is 1.37. The number of carbonyl (C=O) groups is 2. The molecule has 7 nitrogen and oxygen atoms in total. The van der Waals surface area contributed by atoms with Crippen molar-refractivity contribution in [2.45, 2.75) is 56.7 Å². The van der Waals surface area contributed by atoms with Crippen molar-refractivity contribution in [3.05, 3.63) is 88.4 Å². The van der Waals surface area contributed by atoms with Crippen molar-refractivity contribution >= 4 is 40.2 Å². The fraction of sp³-hybridized carbons (Fsp3) is 0.379. The van der Waals surface area contributed by atoms with Crippen LogP contribution in [0.2, 0.25) is 0 Å². The van der Waals surface area contributed by atoms with E-state index in [1.165, 1.54) is 12.1 Å². The maximum Gasteiger partial charge on any atom is 0.243 e. The molecule has 0 bridgehead atoms. The molecule has 3 aliphatic rings. The lowest BCUT2D eigenvalue weighted by Gasteiger charge is -2.55. The van der Waals surface area contributed by atoms with Gasteiger partial charge >= 0.3 is 0 Å². The van der Waals surface area contributed by atoms with Crippen LogP contribution in [0.25, 0.3) is 0 Å². The first-order chi connectivity index (χ1) is 18.5. The fourth-order valence-corrected chi connectivity index (χ4v) is 7.42. The van der Waals surface area contributed by atoms with E-state index in [-0.39, 0.29) is 18.4 Å². The van der Waals surface area contributed by atoms with Gasteiger partial charge in [0, 0.05) is 49.2 Å². The molecular weight excluding hydrogens is 615 g/mol. The number of nitrogens with zero attached hydrogens (tertiary/aromatic N) is 4. The van der Waals surface area contributed by atoms with Gasteiger partial charge < -0.3 is 10.2 Å². The van der Waals surface area contributed by atoms with Crippen LogP contribution in [0.15, 0.2) is 48.8 Å². The summed E-state index contributed by atoms with van der Waals surface area (Å²) in [5.41, 5.74) is 1.34. The van der Waals surface area contributed by atoms with E-state index < -0.39 is 28.1 Å². The minimum atomic E-state index is -0.989. The number of carbonyl (C=O) groups excluding carboxylic acids is 2. The Labute approximate surface area is 239 Å². The van der Waals surface area contributed by atoms with Crippen LogP contribution in [0.3, 0.4) is 0 Å². The number of pyridine rings is 2. The molecule has 2 aromatic heterocycles. The van der Waals surface area contributed by atoms with Crippen LogP contribution in [0.5, 0.6) is 0 Å². The number of piperazine rings is 1. The number of rotatable bonds is 4. The summed E-state index contributed by atoms with van der Waals surface area (Å²) < 4.78 is 29.3. The highest BCUT2D eigenvalue weighted by molar-refractivity contribution is 14.1. The van der Waals surface area contributed by atoms with E-state index in [1.54, 1.807) is 17.3 Å². The lowest BCUT2D eigenvalue weighted by molar-refractivity contribution is -0.162. The number of halogens is 3. The molecule has 1 spiro atoms. The van der Waals surface area contributed by atoms with Gasteiger partial charge in [-0.25, -0.2) is 13.8 Å². The van der Waals surface area contributed by atoms with Crippen LogP contribution >= 0.6 is 22.6 Å². The van der Waals surface area contributed by atoms with Crippen molar-refractivity contribution in [2.75, 3.05) is 16.4 Å². The minimum absolute atomic E-state index is 0.0803. The van der Waals surface area contributed by atoms with Gasteiger partial charge in [-0.1, -0.05) is 34.7 Å². The predicted molar refractivity (Wildman–Crippen MR) is 150 cm³/mol. The second-order valence-electron chi connectivity index (χ2n) is 11.4. The molecule has 39 heavy (non-hydrogen) atoms. The van der Waals surface area contributed by atoms with E-state index in [0.717, 1.165) is 28.5 Å². The number of hydrogen-bond acceptors (Lipinski definition) is 5. The monoisotopic (exact) mass is 643 g/mol. The van der Waals surface area contributed by atoms with Gasteiger partial charge in [-0.15, -0.1) is 0 Å². The van der Waals surface area contributed by atoms with Gasteiger partial charge in [-0.05, 0) is 62.1 Å². The summed E-state index contributed by atoms with van der Waals surface area (Å²) in [6.07, 6.45) is 4.37. The van der Waals surface area contributed by atoms with E-state index in [4.69, 9.17) is 4.98 Å². The summed E-state index contributed by atoms with van der Waals surface area (Å²) in [6, 6.07) is 9.24. The molecule has 1 aromatic carbocycles. The number of anilines is 1. The Morgan fingerprint density at radius 2 is 1.79 bits per heavy atom. The molecule has 10 heteroatoms. The van der Waals surface area contributed by atoms with Crippen LogP contribution in [0.1, 0.15) is 48.7 Å². The molecule has 1 saturated heterocycles. The number of amides is 2. The SMILES string of the molecule is CC1(C)C(=O)N(Cc2cnc3c(c2)C[C@@]2(C3)C(=O)Nc3ncccc32)[C@](C)(c2cc(F)cc(F)c2)CN1CI. The van der Waals surface area contributed by atoms with Gasteiger partial charge in [-0.2, -0.15) is 0 Å². The van der Waals surface area contributed by atoms with E-state index in [9.17, 15) is 18.4 Å². The van der Waals surface area contributed by atoms with Crippen molar-refractivity contribution in [1.29, 1.82) is 0 Å². The summed E-state index contributed by atoms with van der Waals surface area (Å²) in [4.78, 5) is 39.9. The molecule has 0 unspecified atom stereocenters. The van der Waals surface area contributed by atoms with E-state index in [1.807, 2.05) is 43.9 Å². The standard InChI is InChI=1S/C29H28F2IN5O2/c1-27(2)26(39)37(28(3,15-36(27)16-32)19-8-20(30)10-21(31)9-19)14-17-7-18-11-29(12-23(18)34-13-17)22-5-4-6-33-24(22)35-25(29)38/h4-10,13H,11-12,14-16H2,1-3H3,(H,33,35,38)/t28-,29-/m0/s1. The molecule has 1 N–H and O–H groups in total. The Kier molecular flexibility index (Phi) is 6.07. The first kappa shape index (κ1) is 26.2. The number of hydrogen-bond donors (Lipinski definition) is 1. The molecule has 2 atom stereocenters. The zero-order valence-corrected chi connectivity index (χ0v) is 24.1. The first-order valence-corrected chi connectivity index (χ1v) is 14.3. The second kappa shape index (κ2) is 9.02. The molecule has 3 aromatic rings. The van der Waals surface area contributed by atoms with Gasteiger partial charge in [0.2, 0.25) is 11.8 Å². The average Bonchev–Trinajstić information content (AvgIpc) is 3.40. The summed E-state index contributed by atoms with van der Waals surface area (Å²) in [7, 11) is 0. The quantitative estimate of drug-likeness (QED) is 0.258. The Morgan fingerprint density at radius 3 is 2.51 bits per heavy atom. The third kappa shape index (κ3) is 3.97. The van der Waals surface area contributed by atoms with Crippen LogP contribution < -0.4 is 5.32 Å². The molecule has 4 heterocycles. The van der Waals surface area contributed by atoms with Crippen LogP contribution in [-0.2, 0) is 39.9 Å². The molecule has 6 rings (SSSR count). The highest BCUT2D eigenvalue weighted by Gasteiger charge is 2.53. The van der Waals surface area contributed by atoms with Gasteiger partial charge in [0.05, 0.1) is 21.0 Å². The maximum absolute atomic E-state index is 14.4. The van der Waals surface area contributed by atoms with Crippen molar-refractivity contribution in [3.63, 3.8) is 0 Å². The fourth-order valence-electron chi connectivity index (χ4n) is 6.33. The number of benzene rings is 1. The van der Waals surface area contributed by atoms with Crippen molar-refractivity contribution < 1.29 is 18.4 Å². The summed E-state index contributed by atoms with van der Waals surface area (Å²) in [5, 5.41) is 2.91. The van der Waals surface area contributed by atoms with Crippen molar-refractivity contribution in [1.82, 2.24) is 19.8 Å². The van der Waals surface area contributed by atoms with Crippen LogP contribution in [0, 0.1) is 11.6 Å². The van der Waals surface area contributed by atoms with Gasteiger partial charge in [0.1, 0.15) is 17.5 Å². The Bertz CT molecular complexity index is 1510. The number of fused-ring (bicyclic) bond motifs is 3. The summed E-state index contributed by atoms with van der Waals surface area (Å²) >= 11 is 2.22. The number of alkyl halides is 1. The third-order valence-electron chi connectivity index (χ3n) is 8.69. The Hall–Kier alpha value is -2.99. The van der Waals surface area contributed by atoms with Crippen LogP contribution in [-0.4, -0.2) is 48.2 Å². The second-order valence-corrected chi connectivity index (χ2v) is 12.1. The van der Waals surface area contributed by atoms with E-state index >= 15 is 0 Å². The Morgan fingerprint density at radius 1 is 1.05 bits per heavy atom. The molecule has 1 fully saturated rings. The smallest absolute Gasteiger partial charge is 0.243 e. The molecular formula is C29H28F2IN5O2. The number of aromatic nitrogens is 2. The van der Waals surface area contributed by atoms with Gasteiger partial charge in [-0.3, -0.25) is 19.5 Å². The van der Waals surface area contributed by atoms with Crippen LogP contribution in [0.4, 0.5) is 14.6 Å². The highest BCUT2D eigenvalue weighted by atomic mass is 127. The normalized spacial score (nSPS) is 25.6. The zero-order chi connectivity index (χ0) is 27.7.